The van der Waals surface area contributed by atoms with Gasteiger partial charge < -0.3 is 9.73 Å². The Kier molecular flexibility index (Phi) is 5.95. The molecule has 1 heterocycles. The van der Waals surface area contributed by atoms with Crippen molar-refractivity contribution < 1.29 is 9.21 Å². The molecule has 1 amide bonds. The van der Waals surface area contributed by atoms with Crippen LogP contribution in [-0.4, -0.2) is 22.6 Å². The number of nitrogens with zero attached hydrogens (tertiary/aromatic N) is 2. The van der Waals surface area contributed by atoms with Gasteiger partial charge in [0.25, 0.3) is 0 Å². The molecule has 1 aromatic carbocycles. The lowest BCUT2D eigenvalue weighted by Gasteiger charge is -2.11. The fourth-order valence-electron chi connectivity index (χ4n) is 2.16. The van der Waals surface area contributed by atoms with Crippen LogP contribution < -0.4 is 5.32 Å². The average molecular weight is 322 g/mol. The maximum atomic E-state index is 11.9. The summed E-state index contributed by atoms with van der Waals surface area (Å²) in [7, 11) is 0. The Balaban J connectivity index is 1.87. The molecule has 2 aromatic rings. The molecule has 0 bridgehead atoms. The first-order chi connectivity index (χ1) is 10.6. The molecule has 0 aliphatic carbocycles. The lowest BCUT2D eigenvalue weighted by atomic mass is 10.0. The molecular formula is C16H20ClN3O2. The third-order valence-corrected chi connectivity index (χ3v) is 3.80. The van der Waals surface area contributed by atoms with Gasteiger partial charge in [-0.15, -0.1) is 10.2 Å². The molecule has 2 rings (SSSR count). The summed E-state index contributed by atoms with van der Waals surface area (Å²) in [6.07, 6.45) is 2.22. The number of rotatable bonds is 7. The smallest absolute Gasteiger partial charge is 0.247 e. The summed E-state index contributed by atoms with van der Waals surface area (Å²) in [5, 5.41) is 11.6. The second kappa shape index (κ2) is 7.94. The number of hydrogen-bond acceptors (Lipinski definition) is 4. The van der Waals surface area contributed by atoms with Gasteiger partial charge in [-0.05, 0) is 37.1 Å². The number of hydrogen-bond donors (Lipinski definition) is 1. The minimum Gasteiger partial charge on any atom is -0.421 e. The van der Waals surface area contributed by atoms with Crippen molar-refractivity contribution in [3.8, 4) is 11.5 Å². The summed E-state index contributed by atoms with van der Waals surface area (Å²) in [5.41, 5.74) is 0.823. The van der Waals surface area contributed by atoms with Gasteiger partial charge in [0.05, 0.1) is 0 Å². The molecule has 0 atom stereocenters. The van der Waals surface area contributed by atoms with Crippen LogP contribution in [0.2, 0.25) is 5.02 Å². The molecule has 0 radical (unpaired) electrons. The van der Waals surface area contributed by atoms with Gasteiger partial charge in [-0.25, -0.2) is 0 Å². The second-order valence-corrected chi connectivity index (χ2v) is 5.50. The first kappa shape index (κ1) is 16.5. The highest BCUT2D eigenvalue weighted by molar-refractivity contribution is 6.30. The van der Waals surface area contributed by atoms with E-state index >= 15 is 0 Å². The summed E-state index contributed by atoms with van der Waals surface area (Å²) in [5.74, 6) is 1.13. The standard InChI is InChI=1S/C16H20ClN3O2/c1-3-11(4-2)15(21)18-10-9-14-19-20-16(22-14)12-5-7-13(17)8-6-12/h5-8,11H,3-4,9-10H2,1-2H3,(H,18,21). The Hall–Kier alpha value is -1.88. The Bertz CT molecular complexity index is 606. The van der Waals surface area contributed by atoms with Crippen LogP contribution in [0.1, 0.15) is 32.6 Å². The topological polar surface area (TPSA) is 68.0 Å². The van der Waals surface area contributed by atoms with Gasteiger partial charge >= 0.3 is 0 Å². The molecule has 6 heteroatoms. The SMILES string of the molecule is CCC(CC)C(=O)NCCc1nnc(-c2ccc(Cl)cc2)o1. The van der Waals surface area contributed by atoms with Gasteiger partial charge in [-0.3, -0.25) is 4.79 Å². The Labute approximate surface area is 135 Å². The summed E-state index contributed by atoms with van der Waals surface area (Å²) in [4.78, 5) is 11.9. The average Bonchev–Trinajstić information content (AvgIpc) is 2.98. The van der Waals surface area contributed by atoms with Gasteiger partial charge in [0, 0.05) is 29.5 Å². The fourth-order valence-corrected chi connectivity index (χ4v) is 2.29. The molecule has 0 saturated carbocycles. The molecule has 118 valence electrons. The monoisotopic (exact) mass is 321 g/mol. The van der Waals surface area contributed by atoms with Crippen LogP contribution >= 0.6 is 11.6 Å². The van der Waals surface area contributed by atoms with Crippen LogP contribution in [0.4, 0.5) is 0 Å². The van der Waals surface area contributed by atoms with E-state index in [2.05, 4.69) is 15.5 Å². The number of halogens is 1. The van der Waals surface area contributed by atoms with E-state index in [1.54, 1.807) is 12.1 Å². The van der Waals surface area contributed by atoms with Crippen LogP contribution in [0.5, 0.6) is 0 Å². The quantitative estimate of drug-likeness (QED) is 0.847. The summed E-state index contributed by atoms with van der Waals surface area (Å²) >= 11 is 5.85. The van der Waals surface area contributed by atoms with Crippen molar-refractivity contribution in [2.75, 3.05) is 6.54 Å². The lowest BCUT2D eigenvalue weighted by Crippen LogP contribution is -2.31. The summed E-state index contributed by atoms with van der Waals surface area (Å²) in [6.45, 7) is 4.53. The fraction of sp³-hybridized carbons (Fsp3) is 0.438. The minimum absolute atomic E-state index is 0.0762. The van der Waals surface area contributed by atoms with Crippen LogP contribution in [0.25, 0.3) is 11.5 Å². The predicted molar refractivity (Wildman–Crippen MR) is 85.5 cm³/mol. The second-order valence-electron chi connectivity index (χ2n) is 5.06. The highest BCUT2D eigenvalue weighted by Crippen LogP contribution is 2.20. The summed E-state index contributed by atoms with van der Waals surface area (Å²) in [6, 6.07) is 7.20. The molecule has 0 aliphatic heterocycles. The number of carbonyl (C=O) groups excluding carboxylic acids is 1. The lowest BCUT2D eigenvalue weighted by molar-refractivity contribution is -0.125. The highest BCUT2D eigenvalue weighted by atomic mass is 35.5. The molecule has 22 heavy (non-hydrogen) atoms. The van der Waals surface area contributed by atoms with E-state index in [1.807, 2.05) is 26.0 Å². The Morgan fingerprint density at radius 1 is 1.23 bits per heavy atom. The first-order valence-corrected chi connectivity index (χ1v) is 7.87. The van der Waals surface area contributed by atoms with Gasteiger partial charge in [0.1, 0.15) is 0 Å². The first-order valence-electron chi connectivity index (χ1n) is 7.50. The maximum Gasteiger partial charge on any atom is 0.247 e. The minimum atomic E-state index is 0.0762. The van der Waals surface area contributed by atoms with Crippen molar-refractivity contribution in [1.82, 2.24) is 15.5 Å². The Morgan fingerprint density at radius 2 is 1.91 bits per heavy atom. The molecule has 0 spiro atoms. The molecule has 5 nitrogen and oxygen atoms in total. The van der Waals surface area contributed by atoms with Crippen LogP contribution in [0.15, 0.2) is 28.7 Å². The zero-order valence-corrected chi connectivity index (χ0v) is 13.6. The maximum absolute atomic E-state index is 11.9. The number of aromatic nitrogens is 2. The van der Waals surface area contributed by atoms with Crippen molar-refractivity contribution >= 4 is 17.5 Å². The van der Waals surface area contributed by atoms with Crippen LogP contribution in [0, 0.1) is 5.92 Å². The van der Waals surface area contributed by atoms with Crippen molar-refractivity contribution in [3.05, 3.63) is 35.2 Å². The van der Waals surface area contributed by atoms with E-state index < -0.39 is 0 Å². The number of amides is 1. The molecular weight excluding hydrogens is 302 g/mol. The van der Waals surface area contributed by atoms with E-state index in [4.69, 9.17) is 16.0 Å². The molecule has 1 aromatic heterocycles. The van der Waals surface area contributed by atoms with Gasteiger partial charge in [-0.2, -0.15) is 0 Å². The highest BCUT2D eigenvalue weighted by Gasteiger charge is 2.14. The predicted octanol–water partition coefficient (Wildman–Crippen LogP) is 3.48. The van der Waals surface area contributed by atoms with Crippen LogP contribution in [-0.2, 0) is 11.2 Å². The molecule has 0 fully saturated rings. The zero-order chi connectivity index (χ0) is 15.9. The normalized spacial score (nSPS) is 10.9. The van der Waals surface area contributed by atoms with Gasteiger partial charge in [0.15, 0.2) is 0 Å². The van der Waals surface area contributed by atoms with E-state index in [0.717, 1.165) is 18.4 Å². The number of benzene rings is 1. The van der Waals surface area contributed by atoms with E-state index in [-0.39, 0.29) is 11.8 Å². The molecule has 0 aliphatic rings. The van der Waals surface area contributed by atoms with Crippen LogP contribution in [0.3, 0.4) is 0 Å². The third kappa shape index (κ3) is 4.31. The van der Waals surface area contributed by atoms with E-state index in [9.17, 15) is 4.79 Å². The number of nitrogens with one attached hydrogen (secondary N) is 1. The molecule has 0 unspecified atom stereocenters. The van der Waals surface area contributed by atoms with Crippen molar-refractivity contribution in [1.29, 1.82) is 0 Å². The van der Waals surface area contributed by atoms with Crippen molar-refractivity contribution in [2.45, 2.75) is 33.1 Å². The van der Waals surface area contributed by atoms with E-state index in [0.29, 0.717) is 29.8 Å². The van der Waals surface area contributed by atoms with E-state index in [1.165, 1.54) is 0 Å². The molecule has 1 N–H and O–H groups in total. The largest absolute Gasteiger partial charge is 0.421 e. The Morgan fingerprint density at radius 3 is 2.55 bits per heavy atom. The van der Waals surface area contributed by atoms with Crippen molar-refractivity contribution in [3.63, 3.8) is 0 Å². The third-order valence-electron chi connectivity index (χ3n) is 3.55. The zero-order valence-electron chi connectivity index (χ0n) is 12.8. The van der Waals surface area contributed by atoms with Gasteiger partial charge in [0.2, 0.25) is 17.7 Å². The van der Waals surface area contributed by atoms with Gasteiger partial charge in [-0.1, -0.05) is 25.4 Å². The molecule has 0 saturated heterocycles. The van der Waals surface area contributed by atoms with Crippen molar-refractivity contribution in [2.24, 2.45) is 5.92 Å². The summed E-state index contributed by atoms with van der Waals surface area (Å²) < 4.78 is 5.59. The number of carbonyl (C=O) groups is 1.